The molecule has 0 aliphatic carbocycles. The number of imidazole rings is 1. The summed E-state index contributed by atoms with van der Waals surface area (Å²) in [7, 11) is 1.64. The van der Waals surface area contributed by atoms with Crippen LogP contribution < -0.4 is 10.1 Å². The summed E-state index contributed by atoms with van der Waals surface area (Å²) in [6.45, 7) is 0. The van der Waals surface area contributed by atoms with Gasteiger partial charge in [0.25, 0.3) is 0 Å². The largest absolute Gasteiger partial charge is 0.497 e. The van der Waals surface area contributed by atoms with E-state index in [2.05, 4.69) is 10.3 Å². The van der Waals surface area contributed by atoms with E-state index < -0.39 is 0 Å². The van der Waals surface area contributed by atoms with Gasteiger partial charge in [0.15, 0.2) is 5.82 Å². The number of benzene rings is 2. The van der Waals surface area contributed by atoms with Gasteiger partial charge in [-0.2, -0.15) is 0 Å². The topological polar surface area (TPSA) is 51.5 Å². The van der Waals surface area contributed by atoms with Crippen molar-refractivity contribution in [1.82, 2.24) is 14.4 Å². The Morgan fingerprint density at radius 1 is 1.13 bits per heavy atom. The van der Waals surface area contributed by atoms with Crippen molar-refractivity contribution in [2.75, 3.05) is 12.4 Å². The first-order valence-corrected chi connectivity index (χ1v) is 7.45. The Hall–Kier alpha value is -2.79. The number of rotatable bonds is 3. The van der Waals surface area contributed by atoms with E-state index >= 15 is 0 Å². The molecule has 0 saturated heterocycles. The molecule has 0 atom stereocenters. The van der Waals surface area contributed by atoms with E-state index in [1.165, 1.54) is 0 Å². The number of nitrogens with one attached hydrogen (secondary N) is 1. The maximum absolute atomic E-state index is 6.23. The van der Waals surface area contributed by atoms with Gasteiger partial charge in [-0.05, 0) is 24.3 Å². The first-order chi connectivity index (χ1) is 11.3. The summed E-state index contributed by atoms with van der Waals surface area (Å²) >= 11 is 6.23. The molecule has 0 amide bonds. The monoisotopic (exact) mass is 324 g/mol. The lowest BCUT2D eigenvalue weighted by Gasteiger charge is -2.11. The number of methoxy groups -OCH3 is 1. The highest BCUT2D eigenvalue weighted by molar-refractivity contribution is 6.33. The van der Waals surface area contributed by atoms with Gasteiger partial charge in [0.2, 0.25) is 0 Å². The van der Waals surface area contributed by atoms with E-state index in [0.29, 0.717) is 10.8 Å². The van der Waals surface area contributed by atoms with E-state index in [1.54, 1.807) is 19.6 Å². The number of hydrogen-bond acceptors (Lipinski definition) is 4. The number of aromatic nitrogens is 3. The molecule has 0 bridgehead atoms. The fourth-order valence-corrected chi connectivity index (χ4v) is 2.73. The first kappa shape index (κ1) is 13.8. The highest BCUT2D eigenvalue weighted by atomic mass is 35.5. The fraction of sp³-hybridized carbons (Fsp3) is 0.0588. The minimum absolute atomic E-state index is 0.637. The Labute approximate surface area is 137 Å². The van der Waals surface area contributed by atoms with E-state index in [0.717, 1.165) is 28.0 Å². The Bertz CT molecular complexity index is 1010. The maximum Gasteiger partial charge on any atom is 0.157 e. The van der Waals surface area contributed by atoms with Crippen LogP contribution in [0.4, 0.5) is 11.5 Å². The molecule has 1 N–H and O–H groups in total. The van der Waals surface area contributed by atoms with E-state index in [9.17, 15) is 0 Å². The number of fused-ring (bicyclic) bond motifs is 3. The molecular formula is C17H13ClN4O. The number of anilines is 2. The number of hydrogen-bond donors (Lipinski definition) is 1. The lowest BCUT2D eigenvalue weighted by atomic mass is 10.2. The highest BCUT2D eigenvalue weighted by Gasteiger charge is 2.11. The van der Waals surface area contributed by atoms with Gasteiger partial charge in [0.1, 0.15) is 11.3 Å². The second kappa shape index (κ2) is 5.44. The summed E-state index contributed by atoms with van der Waals surface area (Å²) in [5.74, 6) is 1.45. The number of para-hydroxylation sites is 1. The van der Waals surface area contributed by atoms with Crippen LogP contribution in [0.15, 0.2) is 55.0 Å². The summed E-state index contributed by atoms with van der Waals surface area (Å²) in [6.07, 6.45) is 3.54. The van der Waals surface area contributed by atoms with Gasteiger partial charge in [0.05, 0.1) is 41.4 Å². The molecule has 0 unspecified atom stereocenters. The number of ether oxygens (including phenoxy) is 1. The SMILES string of the molecule is COc1ccc2c(c1)nc(Nc1ccccc1Cl)c1cncn12. The molecule has 2 aromatic carbocycles. The molecule has 6 heteroatoms. The minimum Gasteiger partial charge on any atom is -0.497 e. The third-order valence-electron chi connectivity index (χ3n) is 3.68. The smallest absolute Gasteiger partial charge is 0.157 e. The molecule has 2 heterocycles. The van der Waals surface area contributed by atoms with Gasteiger partial charge in [-0.25, -0.2) is 9.97 Å². The molecule has 114 valence electrons. The molecule has 4 aromatic rings. The van der Waals surface area contributed by atoms with Gasteiger partial charge in [0, 0.05) is 6.07 Å². The quantitative estimate of drug-likeness (QED) is 0.611. The molecule has 0 spiro atoms. The van der Waals surface area contributed by atoms with Crippen LogP contribution in [-0.4, -0.2) is 21.5 Å². The van der Waals surface area contributed by atoms with Crippen molar-refractivity contribution in [3.63, 3.8) is 0 Å². The van der Waals surface area contributed by atoms with Crippen LogP contribution in [0.3, 0.4) is 0 Å². The predicted octanol–water partition coefficient (Wildman–Crippen LogP) is 4.29. The predicted molar refractivity (Wildman–Crippen MR) is 91.8 cm³/mol. The van der Waals surface area contributed by atoms with Crippen LogP contribution in [0, 0.1) is 0 Å². The third kappa shape index (κ3) is 2.35. The summed E-state index contributed by atoms with van der Waals surface area (Å²) in [4.78, 5) is 8.95. The Kier molecular flexibility index (Phi) is 3.28. The van der Waals surface area contributed by atoms with Crippen LogP contribution >= 0.6 is 11.6 Å². The Balaban J connectivity index is 1.93. The molecule has 0 radical (unpaired) electrons. The molecule has 2 aromatic heterocycles. The number of nitrogens with zero attached hydrogens (tertiary/aromatic N) is 3. The average Bonchev–Trinajstić information content (AvgIpc) is 3.06. The van der Waals surface area contributed by atoms with Crippen molar-refractivity contribution >= 4 is 39.7 Å². The molecule has 5 nitrogen and oxygen atoms in total. The van der Waals surface area contributed by atoms with Crippen LogP contribution in [0.25, 0.3) is 16.6 Å². The Morgan fingerprint density at radius 3 is 2.83 bits per heavy atom. The van der Waals surface area contributed by atoms with Gasteiger partial charge in [-0.3, -0.25) is 4.40 Å². The zero-order valence-corrected chi connectivity index (χ0v) is 13.1. The lowest BCUT2D eigenvalue weighted by molar-refractivity contribution is 0.415. The van der Waals surface area contributed by atoms with Gasteiger partial charge in [-0.1, -0.05) is 23.7 Å². The second-order valence-corrected chi connectivity index (χ2v) is 5.48. The molecule has 23 heavy (non-hydrogen) atoms. The molecule has 0 saturated carbocycles. The van der Waals surface area contributed by atoms with Crippen LogP contribution in [-0.2, 0) is 0 Å². The fourth-order valence-electron chi connectivity index (χ4n) is 2.55. The second-order valence-electron chi connectivity index (χ2n) is 5.07. The standard InChI is InChI=1S/C17H13ClN4O/c1-23-11-6-7-15-14(8-11)21-17(16-9-19-10-22(15)16)20-13-5-3-2-4-12(13)18/h2-10H,1H3,(H,20,21). The van der Waals surface area contributed by atoms with Crippen molar-refractivity contribution in [2.24, 2.45) is 0 Å². The van der Waals surface area contributed by atoms with Crippen molar-refractivity contribution in [3.05, 3.63) is 60.0 Å². The molecule has 0 aliphatic heterocycles. The van der Waals surface area contributed by atoms with Crippen LogP contribution in [0.2, 0.25) is 5.02 Å². The Morgan fingerprint density at radius 2 is 2.00 bits per heavy atom. The van der Waals surface area contributed by atoms with E-state index in [4.69, 9.17) is 21.3 Å². The summed E-state index contributed by atoms with van der Waals surface area (Å²) in [6, 6.07) is 13.3. The first-order valence-electron chi connectivity index (χ1n) is 7.07. The zero-order valence-electron chi connectivity index (χ0n) is 12.3. The zero-order chi connectivity index (χ0) is 15.8. The van der Waals surface area contributed by atoms with Crippen molar-refractivity contribution in [1.29, 1.82) is 0 Å². The van der Waals surface area contributed by atoms with Gasteiger partial charge < -0.3 is 10.1 Å². The van der Waals surface area contributed by atoms with E-state index in [1.807, 2.05) is 46.9 Å². The van der Waals surface area contributed by atoms with Gasteiger partial charge in [-0.15, -0.1) is 0 Å². The number of halogens is 1. The molecule has 0 fully saturated rings. The molecular weight excluding hydrogens is 312 g/mol. The van der Waals surface area contributed by atoms with Crippen LogP contribution in [0.5, 0.6) is 5.75 Å². The average molecular weight is 325 g/mol. The third-order valence-corrected chi connectivity index (χ3v) is 4.01. The molecule has 4 rings (SSSR count). The van der Waals surface area contributed by atoms with Crippen molar-refractivity contribution < 1.29 is 4.74 Å². The summed E-state index contributed by atoms with van der Waals surface area (Å²) in [5, 5.41) is 3.92. The normalized spacial score (nSPS) is 11.0. The highest BCUT2D eigenvalue weighted by Crippen LogP contribution is 2.29. The van der Waals surface area contributed by atoms with Crippen molar-refractivity contribution in [3.8, 4) is 5.75 Å². The van der Waals surface area contributed by atoms with Crippen molar-refractivity contribution in [2.45, 2.75) is 0 Å². The van der Waals surface area contributed by atoms with E-state index in [-0.39, 0.29) is 0 Å². The minimum atomic E-state index is 0.637. The lowest BCUT2D eigenvalue weighted by Crippen LogP contribution is -1.99. The molecule has 0 aliphatic rings. The van der Waals surface area contributed by atoms with Gasteiger partial charge >= 0.3 is 0 Å². The maximum atomic E-state index is 6.23. The summed E-state index contributed by atoms with van der Waals surface area (Å²) in [5.41, 5.74) is 3.45. The summed E-state index contributed by atoms with van der Waals surface area (Å²) < 4.78 is 7.27. The van der Waals surface area contributed by atoms with Crippen LogP contribution in [0.1, 0.15) is 0 Å².